The van der Waals surface area contributed by atoms with Crippen molar-refractivity contribution in [2.75, 3.05) is 14.2 Å². The zero-order valence-corrected chi connectivity index (χ0v) is 20.3. The van der Waals surface area contributed by atoms with E-state index >= 15 is 0 Å². The molecule has 3 aromatic rings. The van der Waals surface area contributed by atoms with Gasteiger partial charge in [-0.3, -0.25) is 19.8 Å². The Morgan fingerprint density at radius 1 is 1.24 bits per heavy atom. The molecule has 0 N–H and O–H groups in total. The zero-order valence-electron chi connectivity index (χ0n) is 17.9. The van der Waals surface area contributed by atoms with Crippen molar-refractivity contribution in [2.24, 2.45) is 4.99 Å². The second kappa shape index (κ2) is 9.65. The average Bonchev–Trinajstić information content (AvgIpc) is 3.39. The Labute approximate surface area is 206 Å². The van der Waals surface area contributed by atoms with Crippen LogP contribution in [0.1, 0.15) is 16.1 Å². The molecule has 172 valence electrons. The third kappa shape index (κ3) is 4.80. The van der Waals surface area contributed by atoms with Gasteiger partial charge in [0.25, 0.3) is 11.6 Å². The molecular formula is C23H16BrN3O6S. The number of rotatable bonds is 5. The van der Waals surface area contributed by atoms with Crippen LogP contribution < -0.4 is 0 Å². The van der Waals surface area contributed by atoms with Crippen LogP contribution in [0.4, 0.5) is 11.4 Å². The predicted octanol–water partition coefficient (Wildman–Crippen LogP) is 5.64. The predicted molar refractivity (Wildman–Crippen MR) is 132 cm³/mol. The van der Waals surface area contributed by atoms with Crippen molar-refractivity contribution < 1.29 is 23.7 Å². The second-order valence-electron chi connectivity index (χ2n) is 7.03. The van der Waals surface area contributed by atoms with Gasteiger partial charge in [0.2, 0.25) is 0 Å². The highest BCUT2D eigenvalue weighted by Gasteiger charge is 2.31. The number of hydrogen-bond donors (Lipinski definition) is 0. The molecule has 34 heavy (non-hydrogen) atoms. The Hall–Kier alpha value is -3.70. The van der Waals surface area contributed by atoms with Crippen molar-refractivity contribution in [1.29, 1.82) is 0 Å². The minimum atomic E-state index is -0.475. The van der Waals surface area contributed by atoms with Gasteiger partial charge in [0, 0.05) is 35.3 Å². The van der Waals surface area contributed by atoms with Crippen LogP contribution in [0.5, 0.6) is 0 Å². The van der Waals surface area contributed by atoms with Crippen LogP contribution in [0.25, 0.3) is 17.4 Å². The fraction of sp³-hybridized carbons (Fsp3) is 0.0870. The van der Waals surface area contributed by atoms with E-state index in [1.807, 2.05) is 0 Å². The maximum absolute atomic E-state index is 12.7. The standard InChI is InChI=1S/C23H16BrN3O6S/c1-26-21(28)20(34-23(26)25-14-5-3-4-13(10-14)22(29)32-2)12-16-7-9-19(33-16)17-8-6-15(27(30)31)11-18(17)24/h3-12H,1-2H3. The highest BCUT2D eigenvalue weighted by Crippen LogP contribution is 2.36. The number of aliphatic imine (C=N–C) groups is 1. The van der Waals surface area contributed by atoms with Crippen molar-refractivity contribution in [3.63, 3.8) is 0 Å². The Morgan fingerprint density at radius 2 is 2.03 bits per heavy atom. The van der Waals surface area contributed by atoms with E-state index in [2.05, 4.69) is 20.9 Å². The van der Waals surface area contributed by atoms with E-state index in [1.54, 1.807) is 55.6 Å². The molecule has 1 aromatic heterocycles. The molecule has 0 aliphatic carbocycles. The SMILES string of the molecule is COC(=O)c1cccc(N=C2SC(=Cc3ccc(-c4ccc([N+](=O)[O-])cc4Br)o3)C(=O)N2C)c1. The normalized spacial score (nSPS) is 15.9. The summed E-state index contributed by atoms with van der Waals surface area (Å²) in [5, 5.41) is 11.4. The summed E-state index contributed by atoms with van der Waals surface area (Å²) in [6, 6.07) is 14.4. The molecule has 0 unspecified atom stereocenters. The molecule has 2 aromatic carbocycles. The van der Waals surface area contributed by atoms with Gasteiger partial charge in [-0.15, -0.1) is 0 Å². The summed E-state index contributed by atoms with van der Waals surface area (Å²) in [4.78, 5) is 41.3. The van der Waals surface area contributed by atoms with Crippen molar-refractivity contribution >= 4 is 62.2 Å². The number of methoxy groups -OCH3 is 1. The van der Waals surface area contributed by atoms with Gasteiger partial charge in [0.1, 0.15) is 11.5 Å². The molecule has 0 saturated carbocycles. The molecular weight excluding hydrogens is 526 g/mol. The number of nitro groups is 1. The van der Waals surface area contributed by atoms with Gasteiger partial charge in [-0.2, -0.15) is 0 Å². The number of nitrogens with zero attached hydrogens (tertiary/aromatic N) is 3. The van der Waals surface area contributed by atoms with Crippen molar-refractivity contribution in [3.8, 4) is 11.3 Å². The fourth-order valence-corrected chi connectivity index (χ4v) is 4.63. The summed E-state index contributed by atoms with van der Waals surface area (Å²) in [6.45, 7) is 0. The van der Waals surface area contributed by atoms with Crippen molar-refractivity contribution in [2.45, 2.75) is 0 Å². The number of amides is 1. The van der Waals surface area contributed by atoms with Crippen LogP contribution in [0.2, 0.25) is 0 Å². The lowest BCUT2D eigenvalue weighted by atomic mass is 10.1. The summed E-state index contributed by atoms with van der Waals surface area (Å²) in [5.74, 6) is 0.214. The molecule has 1 fully saturated rings. The van der Waals surface area contributed by atoms with E-state index in [-0.39, 0.29) is 11.6 Å². The lowest BCUT2D eigenvalue weighted by Crippen LogP contribution is -2.23. The fourth-order valence-electron chi connectivity index (χ4n) is 3.10. The second-order valence-corrected chi connectivity index (χ2v) is 8.90. The number of amidine groups is 1. The van der Waals surface area contributed by atoms with Gasteiger partial charge in [0.15, 0.2) is 5.17 Å². The van der Waals surface area contributed by atoms with Crippen LogP contribution in [0.15, 0.2) is 73.4 Å². The van der Waals surface area contributed by atoms with E-state index in [1.165, 1.54) is 35.9 Å². The monoisotopic (exact) mass is 541 g/mol. The van der Waals surface area contributed by atoms with Crippen LogP contribution in [-0.4, -0.2) is 41.0 Å². The molecule has 11 heteroatoms. The number of non-ortho nitro benzene ring substituents is 1. The zero-order chi connectivity index (χ0) is 24.4. The van der Waals surface area contributed by atoms with Crippen LogP contribution in [0, 0.1) is 10.1 Å². The van der Waals surface area contributed by atoms with E-state index in [0.29, 0.717) is 42.9 Å². The number of ether oxygens (including phenoxy) is 1. The van der Waals surface area contributed by atoms with Gasteiger partial charge >= 0.3 is 5.97 Å². The van der Waals surface area contributed by atoms with Crippen molar-refractivity contribution in [3.05, 3.63) is 85.4 Å². The highest BCUT2D eigenvalue weighted by atomic mass is 79.9. The Balaban J connectivity index is 1.58. The molecule has 0 radical (unpaired) electrons. The number of nitro benzene ring substituents is 1. The maximum atomic E-state index is 12.7. The van der Waals surface area contributed by atoms with E-state index in [0.717, 1.165) is 0 Å². The number of carbonyl (C=O) groups is 2. The smallest absolute Gasteiger partial charge is 0.337 e. The number of likely N-dealkylation sites (N-methyl/N-ethyl adjacent to an activating group) is 1. The van der Waals surface area contributed by atoms with Crippen molar-refractivity contribution in [1.82, 2.24) is 4.90 Å². The van der Waals surface area contributed by atoms with Crippen LogP contribution in [-0.2, 0) is 9.53 Å². The summed E-state index contributed by atoms with van der Waals surface area (Å²) in [5.41, 5.74) is 1.47. The highest BCUT2D eigenvalue weighted by molar-refractivity contribution is 9.10. The number of furan rings is 1. The maximum Gasteiger partial charge on any atom is 0.337 e. The van der Waals surface area contributed by atoms with Gasteiger partial charge in [0.05, 0.1) is 28.2 Å². The largest absolute Gasteiger partial charge is 0.465 e. The first-order chi connectivity index (χ1) is 16.3. The average molecular weight is 542 g/mol. The number of benzene rings is 2. The minimum Gasteiger partial charge on any atom is -0.465 e. The molecule has 0 atom stereocenters. The van der Waals surface area contributed by atoms with E-state index in [4.69, 9.17) is 9.15 Å². The number of esters is 1. The molecule has 0 bridgehead atoms. The number of thioether (sulfide) groups is 1. The van der Waals surface area contributed by atoms with Gasteiger partial charge in [-0.25, -0.2) is 9.79 Å². The van der Waals surface area contributed by atoms with Gasteiger partial charge in [-0.1, -0.05) is 6.07 Å². The Bertz CT molecular complexity index is 1380. The molecule has 1 aliphatic rings. The first-order valence-electron chi connectivity index (χ1n) is 9.75. The first-order valence-corrected chi connectivity index (χ1v) is 11.4. The van der Waals surface area contributed by atoms with Crippen LogP contribution >= 0.6 is 27.7 Å². The lowest BCUT2D eigenvalue weighted by Gasteiger charge is -2.07. The first kappa shape index (κ1) is 23.5. The van der Waals surface area contributed by atoms with Gasteiger partial charge < -0.3 is 9.15 Å². The molecule has 1 aliphatic heterocycles. The minimum absolute atomic E-state index is 0.0375. The topological polar surface area (TPSA) is 115 Å². The molecule has 2 heterocycles. The summed E-state index contributed by atoms with van der Waals surface area (Å²) in [7, 11) is 2.92. The van der Waals surface area contributed by atoms with E-state index in [9.17, 15) is 19.7 Å². The molecule has 4 rings (SSSR count). The summed E-state index contributed by atoms with van der Waals surface area (Å²) in [6.07, 6.45) is 1.61. The quantitative estimate of drug-likeness (QED) is 0.177. The Kier molecular flexibility index (Phi) is 6.66. The molecule has 0 spiro atoms. The third-order valence-electron chi connectivity index (χ3n) is 4.82. The molecule has 1 amide bonds. The summed E-state index contributed by atoms with van der Waals surface area (Å²) >= 11 is 4.51. The third-order valence-corrected chi connectivity index (χ3v) is 6.54. The lowest BCUT2D eigenvalue weighted by molar-refractivity contribution is -0.384. The molecule has 1 saturated heterocycles. The van der Waals surface area contributed by atoms with E-state index < -0.39 is 10.9 Å². The summed E-state index contributed by atoms with van der Waals surface area (Å²) < 4.78 is 11.1. The number of hydrogen-bond acceptors (Lipinski definition) is 8. The number of halogens is 1. The van der Waals surface area contributed by atoms with Gasteiger partial charge in [-0.05, 0) is 64.1 Å². The molecule has 9 nitrogen and oxygen atoms in total. The van der Waals surface area contributed by atoms with Crippen LogP contribution in [0.3, 0.4) is 0 Å². The number of carbonyl (C=O) groups excluding carboxylic acids is 2. The Morgan fingerprint density at radius 3 is 2.74 bits per heavy atom.